The standard InChI is InChI=1S/C53H71N9O6S/c1-10-37(47(54-11-2)35(4)67-9)48-39-29-51(5,6)34-68-50(66)40-15-13-24-62(57-40)49(65)41(28-45-56-42(31-69-45)36-16-17-43(38(39)27-36)61(48)12-3)55-44(63)30-58-25-20-53(32-58)21-26-59(33-53)46(64)18-19-52(7,8)60-22-14-23-60/h10-11,16-17,27,31,35,40-41,57H,1,12-15,20-26,28-30,32-34H2,2-9H3,(H,55,63)/b47-37+,54-11-/t35-,40-,41-,53+/m0/s1. The summed E-state index contributed by atoms with van der Waals surface area (Å²) >= 11 is 1.46. The summed E-state index contributed by atoms with van der Waals surface area (Å²) in [6, 6.07) is 4.72. The maximum Gasteiger partial charge on any atom is 0.324 e. The number of methoxy groups -OCH3 is 1. The van der Waals surface area contributed by atoms with Crippen molar-refractivity contribution in [1.82, 2.24) is 40.0 Å². The molecule has 4 saturated heterocycles. The summed E-state index contributed by atoms with van der Waals surface area (Å²) in [6.45, 7) is 24.6. The average Bonchev–Trinajstić information content (AvgIpc) is 4.11. The third-order valence-corrected chi connectivity index (χ3v) is 15.7. The van der Waals surface area contributed by atoms with Crippen molar-refractivity contribution >= 4 is 57.7 Å². The van der Waals surface area contributed by atoms with Crippen LogP contribution >= 0.6 is 11.3 Å². The van der Waals surface area contributed by atoms with Crippen LogP contribution in [0.25, 0.3) is 27.7 Å². The number of benzene rings is 1. The van der Waals surface area contributed by atoms with Gasteiger partial charge in [0.25, 0.3) is 11.8 Å². The molecule has 2 aromatic heterocycles. The van der Waals surface area contributed by atoms with E-state index in [9.17, 15) is 19.2 Å². The topological polar surface area (TPSA) is 154 Å². The number of ether oxygens (including phenoxy) is 2. The van der Waals surface area contributed by atoms with E-state index in [0.717, 1.165) is 77.0 Å². The number of carbonyl (C=O) groups is 4. The number of hydrogen-bond donors (Lipinski definition) is 2. The minimum absolute atomic E-state index is 0.0988. The monoisotopic (exact) mass is 962 g/mol. The molecule has 4 atom stereocenters. The summed E-state index contributed by atoms with van der Waals surface area (Å²) in [5.74, 6) is 5.01. The second-order valence-corrected chi connectivity index (χ2v) is 21.8. The summed E-state index contributed by atoms with van der Waals surface area (Å²) in [5.41, 5.74) is 8.69. The third kappa shape index (κ3) is 10.8. The highest BCUT2D eigenvalue weighted by Gasteiger charge is 2.45. The van der Waals surface area contributed by atoms with Crippen molar-refractivity contribution in [1.29, 1.82) is 0 Å². The number of hydrogen-bond acceptors (Lipinski definition) is 12. The molecule has 4 fully saturated rings. The maximum absolute atomic E-state index is 14.5. The van der Waals surface area contributed by atoms with Crippen LogP contribution in [0.2, 0.25) is 0 Å². The van der Waals surface area contributed by atoms with Crippen LogP contribution in [-0.4, -0.2) is 149 Å². The molecule has 5 aliphatic rings. The van der Waals surface area contributed by atoms with Crippen molar-refractivity contribution in [2.45, 2.75) is 124 Å². The Morgan fingerprint density at radius 1 is 1.14 bits per heavy atom. The number of rotatable bonds is 10. The number of aromatic nitrogens is 2. The smallest absolute Gasteiger partial charge is 0.324 e. The fraction of sp³-hybridized carbons (Fsp3) is 0.585. The van der Waals surface area contributed by atoms with Gasteiger partial charge in [0.1, 0.15) is 12.1 Å². The number of hydrazine groups is 1. The number of cyclic esters (lactones) is 1. The molecular formula is C53H71N9O6S. The van der Waals surface area contributed by atoms with Crippen molar-refractivity contribution in [3.8, 4) is 23.1 Å². The van der Waals surface area contributed by atoms with E-state index in [1.165, 1.54) is 16.3 Å². The highest BCUT2D eigenvalue weighted by molar-refractivity contribution is 7.10. The number of nitrogens with zero attached hydrogens (tertiary/aromatic N) is 7. The minimum atomic E-state index is -0.944. The Labute approximate surface area is 411 Å². The van der Waals surface area contributed by atoms with Crippen LogP contribution < -0.4 is 10.7 Å². The molecule has 6 bridgehead atoms. The van der Waals surface area contributed by atoms with Gasteiger partial charge < -0.3 is 24.3 Å². The van der Waals surface area contributed by atoms with Gasteiger partial charge in [-0.3, -0.25) is 39.0 Å². The lowest BCUT2D eigenvalue weighted by molar-refractivity contribution is -0.155. The molecule has 0 radical (unpaired) electrons. The van der Waals surface area contributed by atoms with Gasteiger partial charge in [-0.1, -0.05) is 38.5 Å². The van der Waals surface area contributed by atoms with E-state index in [2.05, 4.69) is 96.3 Å². The second kappa shape index (κ2) is 20.7. The number of aryl methyl sites for hydroxylation is 1. The molecule has 8 rings (SSSR count). The van der Waals surface area contributed by atoms with Crippen molar-refractivity contribution in [3.05, 3.63) is 58.2 Å². The van der Waals surface area contributed by atoms with Gasteiger partial charge in [0.05, 0.1) is 46.9 Å². The quantitative estimate of drug-likeness (QED) is 0.109. The number of thiazole rings is 1. The van der Waals surface area contributed by atoms with Crippen molar-refractivity contribution < 1.29 is 28.7 Å². The summed E-state index contributed by atoms with van der Waals surface area (Å²) < 4.78 is 14.3. The Kier molecular flexibility index (Phi) is 15.0. The number of aliphatic imine (C=N–C) groups is 1. The van der Waals surface area contributed by atoms with Crippen LogP contribution in [0.1, 0.15) is 96.8 Å². The first-order chi connectivity index (χ1) is 33.0. The number of esters is 1. The SMILES string of the molecule is C=C/C(=C(\N=C/C)[C@H](C)OC)c1c2c3cc(ccc3n1CC)-c1csc(n1)C[C@H](NC(=O)CN1CC[C@@]3(CCN(C(=O)C#CC(C)(C)N4CCC4)C3)C1)C(=O)N1CCC[C@H](N1)C(=O)OCC(C)(C)C2. The predicted octanol–water partition coefficient (Wildman–Crippen LogP) is 5.87. The van der Waals surface area contributed by atoms with Gasteiger partial charge in [0.15, 0.2) is 0 Å². The van der Waals surface area contributed by atoms with Gasteiger partial charge in [-0.2, -0.15) is 0 Å². The molecule has 370 valence electrons. The van der Waals surface area contributed by atoms with Crippen molar-refractivity contribution in [3.63, 3.8) is 0 Å². The molecule has 0 unspecified atom stereocenters. The lowest BCUT2D eigenvalue weighted by Gasteiger charge is -2.41. The molecule has 3 aromatic rings. The Morgan fingerprint density at radius 3 is 2.64 bits per heavy atom. The predicted molar refractivity (Wildman–Crippen MR) is 271 cm³/mol. The first-order valence-electron chi connectivity index (χ1n) is 24.8. The molecule has 0 aliphatic carbocycles. The average molecular weight is 962 g/mol. The Balaban J connectivity index is 1.06. The molecule has 0 saturated carbocycles. The van der Waals surface area contributed by atoms with Crippen LogP contribution in [0.3, 0.4) is 0 Å². The first kappa shape index (κ1) is 50.2. The zero-order chi connectivity index (χ0) is 49.3. The zero-order valence-corrected chi connectivity index (χ0v) is 42.7. The van der Waals surface area contributed by atoms with Gasteiger partial charge in [-0.25, -0.2) is 10.4 Å². The molecular weight excluding hydrogens is 891 g/mol. The molecule has 2 N–H and O–H groups in total. The third-order valence-electron chi connectivity index (χ3n) is 14.8. The van der Waals surface area contributed by atoms with Crippen LogP contribution in [0.4, 0.5) is 0 Å². The van der Waals surface area contributed by atoms with E-state index in [1.54, 1.807) is 13.3 Å². The molecule has 16 heteroatoms. The van der Waals surface area contributed by atoms with E-state index < -0.39 is 23.5 Å². The number of carbonyl (C=O) groups excluding carboxylic acids is 4. The van der Waals surface area contributed by atoms with E-state index in [0.29, 0.717) is 63.5 Å². The summed E-state index contributed by atoms with van der Waals surface area (Å²) in [4.78, 5) is 71.9. The maximum atomic E-state index is 14.5. The minimum Gasteiger partial charge on any atom is -0.464 e. The van der Waals surface area contributed by atoms with E-state index in [1.807, 2.05) is 30.2 Å². The van der Waals surface area contributed by atoms with E-state index in [4.69, 9.17) is 19.5 Å². The number of allylic oxidation sites excluding steroid dienone is 2. The van der Waals surface area contributed by atoms with Gasteiger partial charge in [0, 0.05) is 104 Å². The van der Waals surface area contributed by atoms with Crippen molar-refractivity contribution in [2.75, 3.05) is 66.1 Å². The molecule has 1 spiro atoms. The molecule has 3 amide bonds. The number of fused-ring (bicyclic) bond motifs is 6. The van der Waals surface area contributed by atoms with Crippen LogP contribution in [0, 0.1) is 22.7 Å². The Hall–Kier alpha value is -5.18. The van der Waals surface area contributed by atoms with Crippen LogP contribution in [-0.2, 0) is 48.0 Å². The Bertz CT molecular complexity index is 2600. The van der Waals surface area contributed by atoms with Gasteiger partial charge in [-0.05, 0) is 103 Å². The molecule has 15 nitrogen and oxygen atoms in total. The largest absolute Gasteiger partial charge is 0.464 e. The lowest BCUT2D eigenvalue weighted by Crippen LogP contribution is -2.61. The zero-order valence-electron chi connectivity index (χ0n) is 41.9. The highest BCUT2D eigenvalue weighted by Crippen LogP contribution is 2.41. The number of likely N-dealkylation sites (tertiary alicyclic amines) is 3. The van der Waals surface area contributed by atoms with Gasteiger partial charge >= 0.3 is 5.97 Å². The molecule has 69 heavy (non-hydrogen) atoms. The molecule has 5 aliphatic heterocycles. The first-order valence-corrected chi connectivity index (χ1v) is 25.7. The number of nitrogens with one attached hydrogen (secondary N) is 2. The van der Waals surface area contributed by atoms with Gasteiger partial charge in [-0.15, -0.1) is 11.3 Å². The Morgan fingerprint density at radius 2 is 1.93 bits per heavy atom. The second-order valence-electron chi connectivity index (χ2n) is 20.9. The highest BCUT2D eigenvalue weighted by atomic mass is 32.1. The van der Waals surface area contributed by atoms with Crippen LogP contribution in [0.15, 0.2) is 46.9 Å². The summed E-state index contributed by atoms with van der Waals surface area (Å²) in [5, 5.41) is 8.33. The fourth-order valence-electron chi connectivity index (χ4n) is 10.8. The number of amides is 3. The fourth-order valence-corrected chi connectivity index (χ4v) is 11.6. The van der Waals surface area contributed by atoms with E-state index in [-0.39, 0.29) is 54.4 Å². The van der Waals surface area contributed by atoms with Crippen molar-refractivity contribution in [2.24, 2.45) is 15.8 Å². The molecule has 7 heterocycles. The van der Waals surface area contributed by atoms with E-state index >= 15 is 0 Å². The summed E-state index contributed by atoms with van der Waals surface area (Å²) in [7, 11) is 1.68. The van der Waals surface area contributed by atoms with Gasteiger partial charge in [0.2, 0.25) is 5.91 Å². The van der Waals surface area contributed by atoms with Crippen LogP contribution in [0.5, 0.6) is 0 Å². The molecule has 1 aromatic carbocycles. The summed E-state index contributed by atoms with van der Waals surface area (Å²) in [6.07, 6.45) is 8.05. The normalized spacial score (nSPS) is 24.4. The lowest BCUT2D eigenvalue weighted by atomic mass is 9.84.